The average Bonchev–Trinajstić information content (AvgIpc) is 2.88. The molecule has 188 valence electrons. The van der Waals surface area contributed by atoms with Crippen molar-refractivity contribution in [2.45, 2.75) is 69.6 Å². The minimum atomic E-state index is -3.54. The maximum Gasteiger partial charge on any atom is 0.243 e. The Morgan fingerprint density at radius 1 is 0.735 bits per heavy atom. The molecule has 0 radical (unpaired) electrons. The highest BCUT2D eigenvalue weighted by Crippen LogP contribution is 2.28. The lowest BCUT2D eigenvalue weighted by Gasteiger charge is -2.38. The van der Waals surface area contributed by atoms with Gasteiger partial charge in [0.2, 0.25) is 21.8 Å². The molecule has 0 unspecified atom stereocenters. The van der Waals surface area contributed by atoms with Crippen molar-refractivity contribution >= 4 is 21.8 Å². The summed E-state index contributed by atoms with van der Waals surface area (Å²) in [4.78, 5) is 30.1. The molecule has 3 saturated heterocycles. The van der Waals surface area contributed by atoms with Crippen LogP contribution in [0.3, 0.4) is 0 Å². The third kappa shape index (κ3) is 5.48. The van der Waals surface area contributed by atoms with Crippen LogP contribution in [0.1, 0.15) is 70.3 Å². The highest BCUT2D eigenvalue weighted by atomic mass is 32.2. The number of likely N-dealkylation sites (tertiary alicyclic amines) is 2. The normalized spacial score (nSPS) is 21.7. The van der Waals surface area contributed by atoms with Gasteiger partial charge in [0, 0.05) is 51.1 Å². The van der Waals surface area contributed by atoms with Gasteiger partial charge in [0.25, 0.3) is 0 Å². The Bertz CT molecular complexity index is 954. The van der Waals surface area contributed by atoms with Crippen LogP contribution in [-0.4, -0.2) is 73.6 Å². The molecule has 34 heavy (non-hydrogen) atoms. The fourth-order valence-corrected chi connectivity index (χ4v) is 6.96. The van der Waals surface area contributed by atoms with Gasteiger partial charge in [-0.05, 0) is 68.6 Å². The molecule has 4 rings (SSSR count). The van der Waals surface area contributed by atoms with Gasteiger partial charge in [0.1, 0.15) is 0 Å². The first kappa shape index (κ1) is 25.2. The van der Waals surface area contributed by atoms with Gasteiger partial charge < -0.3 is 9.80 Å². The van der Waals surface area contributed by atoms with Crippen molar-refractivity contribution < 1.29 is 18.0 Å². The second kappa shape index (κ2) is 10.8. The summed E-state index contributed by atoms with van der Waals surface area (Å²) in [5.74, 6) is 0.653. The monoisotopic (exact) mass is 489 g/mol. The molecule has 3 heterocycles. The maximum atomic E-state index is 13.1. The summed E-state index contributed by atoms with van der Waals surface area (Å²) >= 11 is 0. The zero-order valence-electron chi connectivity index (χ0n) is 20.6. The van der Waals surface area contributed by atoms with Crippen LogP contribution in [0.25, 0.3) is 0 Å². The number of amides is 2. The Balaban J connectivity index is 1.27. The van der Waals surface area contributed by atoms with Crippen LogP contribution < -0.4 is 0 Å². The van der Waals surface area contributed by atoms with Gasteiger partial charge in [-0.2, -0.15) is 4.31 Å². The highest BCUT2D eigenvalue weighted by molar-refractivity contribution is 7.89. The first-order chi connectivity index (χ1) is 16.3. The van der Waals surface area contributed by atoms with E-state index in [2.05, 4.69) is 13.8 Å². The summed E-state index contributed by atoms with van der Waals surface area (Å²) in [5, 5.41) is 0. The van der Waals surface area contributed by atoms with Crippen molar-refractivity contribution in [1.29, 1.82) is 0 Å². The van der Waals surface area contributed by atoms with Crippen LogP contribution in [0.5, 0.6) is 0 Å². The fraction of sp³-hybridized carbons (Fsp3) is 0.692. The average molecular weight is 490 g/mol. The zero-order valence-corrected chi connectivity index (χ0v) is 21.4. The van der Waals surface area contributed by atoms with E-state index in [9.17, 15) is 18.0 Å². The molecule has 0 spiro atoms. The van der Waals surface area contributed by atoms with E-state index < -0.39 is 10.0 Å². The first-order valence-corrected chi connectivity index (χ1v) is 14.4. The molecule has 0 saturated carbocycles. The van der Waals surface area contributed by atoms with Crippen molar-refractivity contribution in [2.24, 2.45) is 11.8 Å². The van der Waals surface area contributed by atoms with E-state index in [0.717, 1.165) is 44.3 Å². The predicted octanol–water partition coefficient (Wildman–Crippen LogP) is 3.46. The van der Waals surface area contributed by atoms with Crippen molar-refractivity contribution in [3.05, 3.63) is 29.8 Å². The quantitative estimate of drug-likeness (QED) is 0.635. The molecule has 1 aromatic carbocycles. The minimum absolute atomic E-state index is 0.0382. The number of piperidine rings is 3. The van der Waals surface area contributed by atoms with Crippen LogP contribution in [0.15, 0.2) is 29.2 Å². The minimum Gasteiger partial charge on any atom is -0.342 e. The molecular weight excluding hydrogens is 450 g/mol. The number of hydrogen-bond donors (Lipinski definition) is 0. The first-order valence-electron chi connectivity index (χ1n) is 12.9. The van der Waals surface area contributed by atoms with E-state index in [-0.39, 0.29) is 23.7 Å². The number of carbonyl (C=O) groups excluding carboxylic acids is 2. The number of nitrogens with zero attached hydrogens (tertiary/aromatic N) is 3. The van der Waals surface area contributed by atoms with E-state index in [0.29, 0.717) is 49.8 Å². The van der Waals surface area contributed by atoms with E-state index in [1.807, 2.05) is 21.9 Å². The van der Waals surface area contributed by atoms with E-state index in [4.69, 9.17) is 0 Å². The molecule has 2 amide bonds. The van der Waals surface area contributed by atoms with Gasteiger partial charge in [0.15, 0.2) is 0 Å². The molecule has 0 N–H and O–H groups in total. The molecule has 0 aliphatic carbocycles. The third-order valence-corrected chi connectivity index (χ3v) is 9.72. The summed E-state index contributed by atoms with van der Waals surface area (Å²) in [7, 11) is -3.54. The van der Waals surface area contributed by atoms with Gasteiger partial charge in [-0.1, -0.05) is 26.0 Å². The lowest BCUT2D eigenvalue weighted by atomic mass is 9.91. The standard InChI is InChI=1S/C26H39N3O4S/c1-20(2)21-6-8-24(9-7-21)34(32,33)29-18-12-23(13-19-29)26(31)28-16-10-22(11-17-28)25(30)27-14-4-3-5-15-27/h6-9,20,22-23H,3-5,10-19H2,1-2H3. The predicted molar refractivity (Wildman–Crippen MR) is 132 cm³/mol. The largest absolute Gasteiger partial charge is 0.342 e. The second-order valence-corrected chi connectivity index (χ2v) is 12.3. The molecule has 3 aliphatic heterocycles. The van der Waals surface area contributed by atoms with Crippen LogP contribution in [0, 0.1) is 11.8 Å². The third-order valence-electron chi connectivity index (χ3n) is 7.81. The Morgan fingerprint density at radius 2 is 1.21 bits per heavy atom. The molecule has 0 atom stereocenters. The number of sulfonamides is 1. The zero-order chi connectivity index (χ0) is 24.3. The number of rotatable bonds is 5. The molecule has 3 fully saturated rings. The van der Waals surface area contributed by atoms with E-state index in [1.165, 1.54) is 10.7 Å². The topological polar surface area (TPSA) is 78.0 Å². The van der Waals surface area contributed by atoms with E-state index in [1.54, 1.807) is 12.1 Å². The Kier molecular flexibility index (Phi) is 7.97. The van der Waals surface area contributed by atoms with Gasteiger partial charge >= 0.3 is 0 Å². The molecule has 3 aliphatic rings. The number of hydrogen-bond acceptors (Lipinski definition) is 4. The van der Waals surface area contributed by atoms with Crippen LogP contribution in [-0.2, 0) is 19.6 Å². The summed E-state index contributed by atoms with van der Waals surface area (Å²) in [6.45, 7) is 7.92. The molecule has 7 nitrogen and oxygen atoms in total. The van der Waals surface area contributed by atoms with Gasteiger partial charge in [-0.15, -0.1) is 0 Å². The van der Waals surface area contributed by atoms with Gasteiger partial charge in [0.05, 0.1) is 4.90 Å². The smallest absolute Gasteiger partial charge is 0.243 e. The van der Waals surface area contributed by atoms with Crippen molar-refractivity contribution in [3.63, 3.8) is 0 Å². The highest BCUT2D eigenvalue weighted by Gasteiger charge is 2.36. The SMILES string of the molecule is CC(C)c1ccc(S(=O)(=O)N2CCC(C(=O)N3CCC(C(=O)N4CCCCC4)CC3)CC2)cc1. The summed E-state index contributed by atoms with van der Waals surface area (Å²) < 4.78 is 27.7. The molecule has 0 aromatic heterocycles. The van der Waals surface area contributed by atoms with Gasteiger partial charge in [-0.25, -0.2) is 8.42 Å². The number of benzene rings is 1. The van der Waals surface area contributed by atoms with E-state index >= 15 is 0 Å². The second-order valence-electron chi connectivity index (χ2n) is 10.4. The van der Waals surface area contributed by atoms with Crippen molar-refractivity contribution in [2.75, 3.05) is 39.3 Å². The Labute approximate surface area is 204 Å². The molecular formula is C26H39N3O4S. The van der Waals surface area contributed by atoms with Crippen LogP contribution in [0.2, 0.25) is 0 Å². The maximum absolute atomic E-state index is 13.1. The van der Waals surface area contributed by atoms with Crippen LogP contribution >= 0.6 is 0 Å². The summed E-state index contributed by atoms with van der Waals surface area (Å²) in [5.41, 5.74) is 1.12. The Morgan fingerprint density at radius 3 is 1.71 bits per heavy atom. The lowest BCUT2D eigenvalue weighted by molar-refractivity contribution is -0.143. The summed E-state index contributed by atoms with van der Waals surface area (Å²) in [6.07, 6.45) is 5.98. The lowest BCUT2D eigenvalue weighted by Crippen LogP contribution is -2.48. The van der Waals surface area contributed by atoms with Gasteiger partial charge in [-0.3, -0.25) is 9.59 Å². The molecule has 1 aromatic rings. The van der Waals surface area contributed by atoms with Crippen molar-refractivity contribution in [3.8, 4) is 0 Å². The van der Waals surface area contributed by atoms with Crippen molar-refractivity contribution in [1.82, 2.24) is 14.1 Å². The fourth-order valence-electron chi connectivity index (χ4n) is 5.49. The Hall–Kier alpha value is -1.93. The molecule has 0 bridgehead atoms. The number of carbonyl (C=O) groups is 2. The molecule has 8 heteroatoms. The van der Waals surface area contributed by atoms with Crippen LogP contribution in [0.4, 0.5) is 0 Å². The summed E-state index contributed by atoms with van der Waals surface area (Å²) in [6, 6.07) is 7.15.